The number of carbonyl (C=O) groups excluding carboxylic acids is 1. The van der Waals surface area contributed by atoms with Crippen molar-refractivity contribution in [2.24, 2.45) is 0 Å². The Kier molecular flexibility index (Phi) is 3.52. The molecule has 0 bridgehead atoms. The Balaban J connectivity index is 2.12. The number of hydrogen-bond acceptors (Lipinski definition) is 3. The number of rotatable bonds is 3. The van der Waals surface area contributed by atoms with E-state index in [1.165, 1.54) is 5.69 Å². The molecule has 17 heavy (non-hydrogen) atoms. The highest BCUT2D eigenvalue weighted by molar-refractivity contribution is 5.77. The van der Waals surface area contributed by atoms with Crippen LogP contribution in [0.25, 0.3) is 0 Å². The van der Waals surface area contributed by atoms with Gasteiger partial charge in [-0.05, 0) is 19.1 Å². The van der Waals surface area contributed by atoms with Gasteiger partial charge in [0.15, 0.2) is 0 Å². The zero-order chi connectivity index (χ0) is 12.3. The van der Waals surface area contributed by atoms with Crippen LogP contribution in [0.4, 0.5) is 11.4 Å². The number of hydrogen-bond donors (Lipinski definition) is 2. The summed E-state index contributed by atoms with van der Waals surface area (Å²) in [6.45, 7) is 3.86. The standard InChI is InChI=1S/C13H19N3O/c1-10-9-15-11-5-3-4-6-12(11)16(10)8-7-13(17)14-2/h3-6,10,15H,7-9H2,1-2H3,(H,14,17). The normalized spacial score (nSPS) is 18.2. The van der Waals surface area contributed by atoms with E-state index < -0.39 is 0 Å². The highest BCUT2D eigenvalue weighted by atomic mass is 16.1. The maximum absolute atomic E-state index is 11.3. The average Bonchev–Trinajstić information content (AvgIpc) is 2.37. The van der Waals surface area contributed by atoms with Crippen LogP contribution in [0.3, 0.4) is 0 Å². The third kappa shape index (κ3) is 2.52. The lowest BCUT2D eigenvalue weighted by atomic mass is 10.1. The highest BCUT2D eigenvalue weighted by Gasteiger charge is 2.22. The molecule has 0 saturated heterocycles. The van der Waals surface area contributed by atoms with Gasteiger partial charge in [0.25, 0.3) is 0 Å². The van der Waals surface area contributed by atoms with Crippen molar-refractivity contribution in [1.29, 1.82) is 0 Å². The van der Waals surface area contributed by atoms with Gasteiger partial charge in [0.05, 0.1) is 11.4 Å². The van der Waals surface area contributed by atoms with Crippen LogP contribution in [0.5, 0.6) is 0 Å². The second kappa shape index (κ2) is 5.08. The second-order valence-corrected chi connectivity index (χ2v) is 4.36. The van der Waals surface area contributed by atoms with Gasteiger partial charge in [0.1, 0.15) is 0 Å². The predicted molar refractivity (Wildman–Crippen MR) is 70.4 cm³/mol. The molecule has 0 spiro atoms. The van der Waals surface area contributed by atoms with Crippen molar-refractivity contribution >= 4 is 17.3 Å². The van der Waals surface area contributed by atoms with Crippen molar-refractivity contribution < 1.29 is 4.79 Å². The third-order valence-electron chi connectivity index (χ3n) is 3.19. The number of carbonyl (C=O) groups is 1. The Bertz CT molecular complexity index is 405. The van der Waals surface area contributed by atoms with Gasteiger partial charge >= 0.3 is 0 Å². The van der Waals surface area contributed by atoms with Gasteiger partial charge < -0.3 is 15.5 Å². The molecular weight excluding hydrogens is 214 g/mol. The van der Waals surface area contributed by atoms with Gasteiger partial charge in [-0.2, -0.15) is 0 Å². The number of benzene rings is 1. The Hall–Kier alpha value is -1.71. The molecular formula is C13H19N3O. The second-order valence-electron chi connectivity index (χ2n) is 4.36. The quantitative estimate of drug-likeness (QED) is 0.830. The van der Waals surface area contributed by atoms with E-state index in [2.05, 4.69) is 34.6 Å². The lowest BCUT2D eigenvalue weighted by molar-refractivity contribution is -0.120. The van der Waals surface area contributed by atoms with Crippen LogP contribution in [-0.2, 0) is 4.79 Å². The topological polar surface area (TPSA) is 44.4 Å². The fraction of sp³-hybridized carbons (Fsp3) is 0.462. The summed E-state index contributed by atoms with van der Waals surface area (Å²) in [5.74, 6) is 0.0909. The summed E-state index contributed by atoms with van der Waals surface area (Å²) in [7, 11) is 1.68. The van der Waals surface area contributed by atoms with E-state index in [1.807, 2.05) is 12.1 Å². The zero-order valence-corrected chi connectivity index (χ0v) is 10.4. The largest absolute Gasteiger partial charge is 0.381 e. The van der Waals surface area contributed by atoms with Crippen molar-refractivity contribution in [3.8, 4) is 0 Å². The van der Waals surface area contributed by atoms with E-state index >= 15 is 0 Å². The van der Waals surface area contributed by atoms with Crippen molar-refractivity contribution in [3.63, 3.8) is 0 Å². The van der Waals surface area contributed by atoms with Gasteiger partial charge in [-0.15, -0.1) is 0 Å². The summed E-state index contributed by atoms with van der Waals surface area (Å²) in [6.07, 6.45) is 0.537. The van der Waals surface area contributed by atoms with Crippen LogP contribution in [0.2, 0.25) is 0 Å². The molecule has 92 valence electrons. The fourth-order valence-corrected chi connectivity index (χ4v) is 2.17. The predicted octanol–water partition coefficient (Wildman–Crippen LogP) is 1.44. The number of amides is 1. The molecule has 4 nitrogen and oxygen atoms in total. The molecule has 0 radical (unpaired) electrons. The van der Waals surface area contributed by atoms with Crippen LogP contribution < -0.4 is 15.5 Å². The molecule has 1 aromatic carbocycles. The molecule has 0 aromatic heterocycles. The Morgan fingerprint density at radius 1 is 1.53 bits per heavy atom. The van der Waals surface area contributed by atoms with E-state index in [4.69, 9.17) is 0 Å². The van der Waals surface area contributed by atoms with Crippen LogP contribution in [0, 0.1) is 0 Å². The first-order valence-corrected chi connectivity index (χ1v) is 6.02. The summed E-state index contributed by atoms with van der Waals surface area (Å²) in [5, 5.41) is 6.06. The lowest BCUT2D eigenvalue weighted by Gasteiger charge is -2.37. The number of fused-ring (bicyclic) bond motifs is 1. The first-order chi connectivity index (χ1) is 8.22. The number of nitrogens with one attached hydrogen (secondary N) is 2. The maximum Gasteiger partial charge on any atom is 0.221 e. The molecule has 1 aliphatic heterocycles. The van der Waals surface area contributed by atoms with E-state index in [-0.39, 0.29) is 5.91 Å². The molecule has 4 heteroatoms. The molecule has 0 fully saturated rings. The van der Waals surface area contributed by atoms with E-state index in [0.29, 0.717) is 12.5 Å². The minimum atomic E-state index is 0.0909. The monoisotopic (exact) mass is 233 g/mol. The minimum absolute atomic E-state index is 0.0909. The third-order valence-corrected chi connectivity index (χ3v) is 3.19. The molecule has 0 saturated carbocycles. The molecule has 1 heterocycles. The summed E-state index contributed by atoms with van der Waals surface area (Å²) in [5.41, 5.74) is 2.35. The van der Waals surface area contributed by atoms with Gasteiger partial charge in [-0.25, -0.2) is 0 Å². The SMILES string of the molecule is CNC(=O)CCN1c2ccccc2NCC1C. The first-order valence-electron chi connectivity index (χ1n) is 6.02. The Morgan fingerprint density at radius 2 is 2.29 bits per heavy atom. The van der Waals surface area contributed by atoms with Crippen molar-refractivity contribution in [1.82, 2.24) is 5.32 Å². The number of anilines is 2. The van der Waals surface area contributed by atoms with Crippen LogP contribution >= 0.6 is 0 Å². The van der Waals surface area contributed by atoms with E-state index in [9.17, 15) is 4.79 Å². The van der Waals surface area contributed by atoms with E-state index in [0.717, 1.165) is 18.8 Å². The van der Waals surface area contributed by atoms with Crippen molar-refractivity contribution in [3.05, 3.63) is 24.3 Å². The van der Waals surface area contributed by atoms with Crippen LogP contribution in [-0.4, -0.2) is 32.1 Å². The van der Waals surface area contributed by atoms with Crippen LogP contribution in [0.15, 0.2) is 24.3 Å². The summed E-state index contributed by atoms with van der Waals surface area (Å²) in [4.78, 5) is 13.6. The molecule has 1 atom stereocenters. The van der Waals surface area contributed by atoms with E-state index in [1.54, 1.807) is 7.05 Å². The number of nitrogens with zero attached hydrogens (tertiary/aromatic N) is 1. The van der Waals surface area contributed by atoms with Gasteiger partial charge in [0.2, 0.25) is 5.91 Å². The Morgan fingerprint density at radius 3 is 3.06 bits per heavy atom. The molecule has 1 amide bonds. The van der Waals surface area contributed by atoms with Gasteiger partial charge in [-0.3, -0.25) is 4.79 Å². The fourth-order valence-electron chi connectivity index (χ4n) is 2.17. The van der Waals surface area contributed by atoms with Crippen molar-refractivity contribution in [2.45, 2.75) is 19.4 Å². The van der Waals surface area contributed by atoms with Crippen molar-refractivity contribution in [2.75, 3.05) is 30.4 Å². The summed E-state index contributed by atoms with van der Waals surface area (Å²) in [6, 6.07) is 8.65. The molecule has 1 aliphatic rings. The highest BCUT2D eigenvalue weighted by Crippen LogP contribution is 2.30. The average molecular weight is 233 g/mol. The molecule has 1 aromatic rings. The molecule has 0 aliphatic carbocycles. The lowest BCUT2D eigenvalue weighted by Crippen LogP contribution is -2.43. The molecule has 2 N–H and O–H groups in total. The molecule has 2 rings (SSSR count). The number of para-hydroxylation sites is 2. The van der Waals surface area contributed by atoms with Crippen LogP contribution in [0.1, 0.15) is 13.3 Å². The Labute approximate surface area is 102 Å². The summed E-state index contributed by atoms with van der Waals surface area (Å²) >= 11 is 0. The maximum atomic E-state index is 11.3. The first kappa shape index (κ1) is 11.8. The molecule has 1 unspecified atom stereocenters. The smallest absolute Gasteiger partial charge is 0.221 e. The summed E-state index contributed by atoms with van der Waals surface area (Å²) < 4.78 is 0. The minimum Gasteiger partial charge on any atom is -0.381 e. The van der Waals surface area contributed by atoms with Gasteiger partial charge in [-0.1, -0.05) is 12.1 Å². The zero-order valence-electron chi connectivity index (χ0n) is 10.4. The van der Waals surface area contributed by atoms with Gasteiger partial charge in [0, 0.05) is 32.6 Å².